The Labute approximate surface area is 121 Å². The van der Waals surface area contributed by atoms with Gasteiger partial charge in [0.2, 0.25) is 0 Å². The van der Waals surface area contributed by atoms with Crippen LogP contribution in [-0.4, -0.2) is 11.7 Å². The van der Waals surface area contributed by atoms with Gasteiger partial charge in [0.1, 0.15) is 5.75 Å². The second kappa shape index (κ2) is 5.61. The summed E-state index contributed by atoms with van der Waals surface area (Å²) in [6.45, 7) is 4.36. The Hall–Kier alpha value is -1.55. The third-order valence-corrected chi connectivity index (χ3v) is 4.08. The first-order valence-corrected chi connectivity index (χ1v) is 6.81. The molecule has 1 heterocycles. The molecule has 0 N–H and O–H groups in total. The molecule has 0 amide bonds. The molecular formula is C15H16BrNO2. The molecule has 1 aromatic heterocycles. The summed E-state index contributed by atoms with van der Waals surface area (Å²) in [7, 11) is 1.64. The fraction of sp³-hybridized carbons (Fsp3) is 0.267. The van der Waals surface area contributed by atoms with E-state index in [1.54, 1.807) is 11.7 Å². The van der Waals surface area contributed by atoms with Gasteiger partial charge in [0.05, 0.1) is 13.7 Å². The molecule has 0 aliphatic heterocycles. The predicted molar refractivity (Wildman–Crippen MR) is 80.0 cm³/mol. The van der Waals surface area contributed by atoms with Crippen LogP contribution in [0.1, 0.15) is 16.7 Å². The number of benzene rings is 1. The smallest absolute Gasteiger partial charge is 0.254 e. The van der Waals surface area contributed by atoms with Crippen molar-refractivity contribution in [3.63, 3.8) is 0 Å². The van der Waals surface area contributed by atoms with E-state index in [4.69, 9.17) is 4.74 Å². The summed E-state index contributed by atoms with van der Waals surface area (Å²) in [6.07, 6.45) is 1.84. The van der Waals surface area contributed by atoms with Gasteiger partial charge in [-0.25, -0.2) is 0 Å². The molecule has 0 radical (unpaired) electrons. The summed E-state index contributed by atoms with van der Waals surface area (Å²) in [5, 5.41) is 0. The topological polar surface area (TPSA) is 31.2 Å². The van der Waals surface area contributed by atoms with E-state index in [9.17, 15) is 4.79 Å². The van der Waals surface area contributed by atoms with Crippen LogP contribution in [0.4, 0.5) is 0 Å². The average Bonchev–Trinajstić information content (AvgIpc) is 2.43. The van der Waals surface area contributed by atoms with Gasteiger partial charge < -0.3 is 9.30 Å². The number of ether oxygens (including phenoxy) is 1. The first kappa shape index (κ1) is 13.9. The van der Waals surface area contributed by atoms with Gasteiger partial charge in [-0.3, -0.25) is 4.79 Å². The van der Waals surface area contributed by atoms with E-state index >= 15 is 0 Å². The number of nitrogens with zero attached hydrogens (tertiary/aromatic N) is 1. The quantitative estimate of drug-likeness (QED) is 0.868. The fourth-order valence-electron chi connectivity index (χ4n) is 1.89. The molecule has 0 fully saturated rings. The summed E-state index contributed by atoms with van der Waals surface area (Å²) in [5.74, 6) is 0.817. The second-order valence-electron chi connectivity index (χ2n) is 4.51. The Bertz CT molecular complexity index is 644. The Balaban J connectivity index is 2.35. The van der Waals surface area contributed by atoms with Crippen molar-refractivity contribution in [3.8, 4) is 5.75 Å². The van der Waals surface area contributed by atoms with Crippen LogP contribution in [0.2, 0.25) is 0 Å². The fourth-order valence-corrected chi connectivity index (χ4v) is 2.44. The Morgan fingerprint density at radius 1 is 1.16 bits per heavy atom. The summed E-state index contributed by atoms with van der Waals surface area (Å²) >= 11 is 3.49. The minimum Gasteiger partial charge on any atom is -0.497 e. The van der Waals surface area contributed by atoms with Gasteiger partial charge in [-0.2, -0.15) is 0 Å². The number of rotatable bonds is 3. The van der Waals surface area contributed by atoms with E-state index in [0.29, 0.717) is 6.54 Å². The van der Waals surface area contributed by atoms with Gasteiger partial charge >= 0.3 is 0 Å². The number of aromatic nitrogens is 1. The number of hydrogen-bond acceptors (Lipinski definition) is 2. The second-order valence-corrected chi connectivity index (χ2v) is 5.36. The zero-order valence-corrected chi connectivity index (χ0v) is 12.8. The van der Waals surface area contributed by atoms with Crippen LogP contribution in [0.5, 0.6) is 5.75 Å². The molecule has 19 heavy (non-hydrogen) atoms. The zero-order chi connectivity index (χ0) is 14.0. The number of halogens is 1. The van der Waals surface area contributed by atoms with Crippen molar-refractivity contribution in [1.29, 1.82) is 0 Å². The normalized spacial score (nSPS) is 10.5. The van der Waals surface area contributed by atoms with Crippen LogP contribution in [0.25, 0.3) is 0 Å². The van der Waals surface area contributed by atoms with E-state index in [0.717, 1.165) is 26.9 Å². The molecule has 2 rings (SSSR count). The molecule has 3 nitrogen and oxygen atoms in total. The van der Waals surface area contributed by atoms with Crippen LogP contribution in [0, 0.1) is 13.8 Å². The SMILES string of the molecule is COc1ccc(Cn2cc(Br)c(C)c(C)c2=O)cc1. The molecule has 0 spiro atoms. The van der Waals surface area contributed by atoms with Crippen LogP contribution in [0.3, 0.4) is 0 Å². The van der Waals surface area contributed by atoms with Gasteiger partial charge in [0.25, 0.3) is 5.56 Å². The maximum Gasteiger partial charge on any atom is 0.254 e. The highest BCUT2D eigenvalue weighted by molar-refractivity contribution is 9.10. The zero-order valence-electron chi connectivity index (χ0n) is 11.2. The Morgan fingerprint density at radius 3 is 2.37 bits per heavy atom. The third kappa shape index (κ3) is 2.89. The lowest BCUT2D eigenvalue weighted by Crippen LogP contribution is -2.23. The number of methoxy groups -OCH3 is 1. The standard InChI is InChI=1S/C15H16BrNO2/c1-10-11(2)15(18)17(9-14(10)16)8-12-4-6-13(19-3)7-5-12/h4-7,9H,8H2,1-3H3. The molecule has 0 saturated heterocycles. The summed E-state index contributed by atoms with van der Waals surface area (Å²) in [4.78, 5) is 12.2. The molecule has 0 saturated carbocycles. The molecule has 0 aliphatic rings. The third-order valence-electron chi connectivity index (χ3n) is 3.28. The Kier molecular flexibility index (Phi) is 4.10. The predicted octanol–water partition coefficient (Wildman–Crippen LogP) is 3.28. The van der Waals surface area contributed by atoms with Gasteiger partial charge in [-0.1, -0.05) is 12.1 Å². The van der Waals surface area contributed by atoms with Crippen molar-refractivity contribution in [1.82, 2.24) is 4.57 Å². The minimum absolute atomic E-state index is 0.0523. The summed E-state index contributed by atoms with van der Waals surface area (Å²) < 4.78 is 7.79. The van der Waals surface area contributed by atoms with E-state index in [2.05, 4.69) is 15.9 Å². The number of pyridine rings is 1. The lowest BCUT2D eigenvalue weighted by molar-refractivity contribution is 0.414. The highest BCUT2D eigenvalue weighted by Crippen LogP contribution is 2.17. The maximum absolute atomic E-state index is 12.2. The van der Waals surface area contributed by atoms with Crippen molar-refractivity contribution in [2.24, 2.45) is 0 Å². The molecule has 0 unspecified atom stereocenters. The highest BCUT2D eigenvalue weighted by atomic mass is 79.9. The summed E-state index contributed by atoms with van der Waals surface area (Å²) in [5.41, 5.74) is 2.90. The lowest BCUT2D eigenvalue weighted by atomic mass is 10.1. The first-order valence-electron chi connectivity index (χ1n) is 6.02. The minimum atomic E-state index is 0.0523. The van der Waals surface area contributed by atoms with E-state index in [1.807, 2.05) is 44.3 Å². The Morgan fingerprint density at radius 2 is 1.79 bits per heavy atom. The van der Waals surface area contributed by atoms with Crippen LogP contribution in [-0.2, 0) is 6.54 Å². The van der Waals surface area contributed by atoms with Crippen molar-refractivity contribution in [2.45, 2.75) is 20.4 Å². The van der Waals surface area contributed by atoms with Crippen molar-refractivity contribution >= 4 is 15.9 Å². The van der Waals surface area contributed by atoms with Crippen molar-refractivity contribution < 1.29 is 4.74 Å². The largest absolute Gasteiger partial charge is 0.497 e. The molecule has 1 aromatic carbocycles. The van der Waals surface area contributed by atoms with Crippen molar-refractivity contribution in [3.05, 3.63) is 62.0 Å². The van der Waals surface area contributed by atoms with E-state index in [1.165, 1.54) is 0 Å². The molecule has 4 heteroatoms. The van der Waals surface area contributed by atoms with Gasteiger partial charge in [0.15, 0.2) is 0 Å². The lowest BCUT2D eigenvalue weighted by Gasteiger charge is -2.11. The molecule has 100 valence electrons. The first-order chi connectivity index (χ1) is 9.02. The van der Waals surface area contributed by atoms with Gasteiger partial charge in [0, 0.05) is 16.2 Å². The van der Waals surface area contributed by atoms with Crippen molar-refractivity contribution in [2.75, 3.05) is 7.11 Å². The molecular weight excluding hydrogens is 306 g/mol. The summed E-state index contributed by atoms with van der Waals surface area (Å²) in [6, 6.07) is 7.73. The monoisotopic (exact) mass is 321 g/mol. The van der Waals surface area contributed by atoms with Crippen LogP contribution in [0.15, 0.2) is 39.7 Å². The number of hydrogen-bond donors (Lipinski definition) is 0. The van der Waals surface area contributed by atoms with Gasteiger partial charge in [-0.15, -0.1) is 0 Å². The molecule has 2 aromatic rings. The van der Waals surface area contributed by atoms with Crippen LogP contribution >= 0.6 is 15.9 Å². The van der Waals surface area contributed by atoms with E-state index < -0.39 is 0 Å². The van der Waals surface area contributed by atoms with Crippen LogP contribution < -0.4 is 10.3 Å². The van der Waals surface area contributed by atoms with E-state index in [-0.39, 0.29) is 5.56 Å². The maximum atomic E-state index is 12.2. The van der Waals surface area contributed by atoms with Gasteiger partial charge in [-0.05, 0) is 53.0 Å². The molecule has 0 aliphatic carbocycles. The molecule has 0 bridgehead atoms. The molecule has 0 atom stereocenters. The average molecular weight is 322 g/mol. The highest BCUT2D eigenvalue weighted by Gasteiger charge is 2.07.